The lowest BCUT2D eigenvalue weighted by Gasteiger charge is -2.07. The van der Waals surface area contributed by atoms with Crippen LogP contribution >= 0.6 is 22.6 Å². The molecule has 2 aromatic rings. The number of hydrogen-bond acceptors (Lipinski definition) is 3. The van der Waals surface area contributed by atoms with E-state index in [1.54, 1.807) is 19.2 Å². The summed E-state index contributed by atoms with van der Waals surface area (Å²) < 4.78 is 7.92. The molecular formula is C15H15IN2O2. The fourth-order valence-corrected chi connectivity index (χ4v) is 2.30. The van der Waals surface area contributed by atoms with E-state index in [9.17, 15) is 4.79 Å². The monoisotopic (exact) mass is 382 g/mol. The molecule has 4 nitrogen and oxygen atoms in total. The molecule has 0 bridgehead atoms. The fourth-order valence-electron chi connectivity index (χ4n) is 1.79. The van der Waals surface area contributed by atoms with Crippen molar-refractivity contribution in [1.29, 1.82) is 0 Å². The van der Waals surface area contributed by atoms with Crippen molar-refractivity contribution in [3.8, 4) is 0 Å². The van der Waals surface area contributed by atoms with Gasteiger partial charge in [-0.15, -0.1) is 0 Å². The zero-order chi connectivity index (χ0) is 14.4. The highest BCUT2D eigenvalue weighted by Gasteiger charge is 2.04. The predicted octanol–water partition coefficient (Wildman–Crippen LogP) is 3.11. The first-order valence-electron chi connectivity index (χ1n) is 6.30. The number of rotatable bonds is 5. The minimum Gasteiger partial charge on any atom is -0.463 e. The van der Waals surface area contributed by atoms with Gasteiger partial charge in [0.1, 0.15) is 3.70 Å². The normalized spacial score (nSPS) is 10.9. The van der Waals surface area contributed by atoms with Crippen molar-refractivity contribution < 1.29 is 9.53 Å². The van der Waals surface area contributed by atoms with Crippen LogP contribution in [0.5, 0.6) is 0 Å². The van der Waals surface area contributed by atoms with Gasteiger partial charge in [0.2, 0.25) is 0 Å². The molecule has 5 heteroatoms. The van der Waals surface area contributed by atoms with Gasteiger partial charge >= 0.3 is 5.97 Å². The Hall–Kier alpha value is -1.63. The molecule has 0 aromatic carbocycles. The maximum atomic E-state index is 11.3. The highest BCUT2D eigenvalue weighted by molar-refractivity contribution is 14.1. The van der Waals surface area contributed by atoms with Crippen molar-refractivity contribution in [3.05, 3.63) is 57.7 Å². The maximum Gasteiger partial charge on any atom is 0.330 e. The number of esters is 1. The van der Waals surface area contributed by atoms with E-state index in [2.05, 4.69) is 32.1 Å². The van der Waals surface area contributed by atoms with Crippen LogP contribution in [0.1, 0.15) is 18.2 Å². The van der Waals surface area contributed by atoms with Crippen molar-refractivity contribution in [3.63, 3.8) is 0 Å². The van der Waals surface area contributed by atoms with Crippen LogP contribution in [0.15, 0.2) is 42.7 Å². The molecule has 20 heavy (non-hydrogen) atoms. The van der Waals surface area contributed by atoms with Gasteiger partial charge in [-0.05, 0) is 53.8 Å². The van der Waals surface area contributed by atoms with Gasteiger partial charge in [-0.3, -0.25) is 0 Å². The van der Waals surface area contributed by atoms with Crippen LogP contribution in [-0.4, -0.2) is 22.1 Å². The van der Waals surface area contributed by atoms with Gasteiger partial charge < -0.3 is 9.30 Å². The first kappa shape index (κ1) is 14.8. The summed E-state index contributed by atoms with van der Waals surface area (Å²) in [5.74, 6) is -0.323. The van der Waals surface area contributed by atoms with Crippen LogP contribution in [-0.2, 0) is 16.1 Å². The van der Waals surface area contributed by atoms with Crippen molar-refractivity contribution in [1.82, 2.24) is 9.55 Å². The molecular weight excluding hydrogens is 367 g/mol. The van der Waals surface area contributed by atoms with E-state index in [0.717, 1.165) is 21.5 Å². The Morgan fingerprint density at radius 2 is 2.30 bits per heavy atom. The second-order valence-corrected chi connectivity index (χ2v) is 5.12. The summed E-state index contributed by atoms with van der Waals surface area (Å²) in [6.45, 7) is 2.90. The molecule has 0 atom stereocenters. The van der Waals surface area contributed by atoms with Crippen LogP contribution in [0, 0.1) is 3.70 Å². The molecule has 2 rings (SSSR count). The van der Waals surface area contributed by atoms with E-state index in [-0.39, 0.29) is 5.97 Å². The number of carbonyl (C=O) groups excluding carboxylic acids is 1. The van der Waals surface area contributed by atoms with Gasteiger partial charge in [0.25, 0.3) is 0 Å². The van der Waals surface area contributed by atoms with E-state index >= 15 is 0 Å². The zero-order valence-corrected chi connectivity index (χ0v) is 13.3. The second kappa shape index (κ2) is 7.23. The van der Waals surface area contributed by atoms with Crippen LogP contribution in [0.4, 0.5) is 0 Å². The average molecular weight is 382 g/mol. The Kier molecular flexibility index (Phi) is 5.34. The molecule has 0 aliphatic rings. The lowest BCUT2D eigenvalue weighted by molar-refractivity contribution is -0.137. The molecule has 0 amide bonds. The predicted molar refractivity (Wildman–Crippen MR) is 86.2 cm³/mol. The molecule has 2 aromatic heterocycles. The van der Waals surface area contributed by atoms with Crippen LogP contribution < -0.4 is 0 Å². The smallest absolute Gasteiger partial charge is 0.330 e. The Bertz CT molecular complexity index is 620. The highest BCUT2D eigenvalue weighted by Crippen LogP contribution is 2.13. The summed E-state index contributed by atoms with van der Waals surface area (Å²) in [5, 5.41) is 0. The Balaban J connectivity index is 2.13. The summed E-state index contributed by atoms with van der Waals surface area (Å²) in [6.07, 6.45) is 6.97. The molecule has 0 spiro atoms. The van der Waals surface area contributed by atoms with E-state index in [4.69, 9.17) is 4.74 Å². The van der Waals surface area contributed by atoms with Crippen molar-refractivity contribution in [2.75, 3.05) is 6.61 Å². The van der Waals surface area contributed by atoms with E-state index in [1.165, 1.54) is 6.08 Å². The summed E-state index contributed by atoms with van der Waals surface area (Å²) >= 11 is 2.22. The number of hydrogen-bond donors (Lipinski definition) is 0. The molecule has 0 unspecified atom stereocenters. The number of aromatic nitrogens is 2. The summed E-state index contributed by atoms with van der Waals surface area (Å²) in [7, 11) is 0. The average Bonchev–Trinajstić information content (AvgIpc) is 2.87. The van der Waals surface area contributed by atoms with Gasteiger partial charge in [-0.1, -0.05) is 6.07 Å². The molecule has 0 fully saturated rings. The Labute approximate surface area is 131 Å². The number of pyridine rings is 1. The standard InChI is InChI=1S/C15H15IN2O2/c1-2-20-14(19)8-7-13-6-4-10-18(13)11-12-5-3-9-17-15(12)16/h3-10H,2,11H2,1H3/b8-7+. The Morgan fingerprint density at radius 3 is 3.05 bits per heavy atom. The van der Waals surface area contributed by atoms with Crippen molar-refractivity contribution >= 4 is 34.6 Å². The van der Waals surface area contributed by atoms with Crippen LogP contribution in [0.2, 0.25) is 0 Å². The summed E-state index contributed by atoms with van der Waals surface area (Å²) in [5.41, 5.74) is 2.10. The number of ether oxygens (including phenoxy) is 1. The third-order valence-electron chi connectivity index (χ3n) is 2.72. The molecule has 104 valence electrons. The largest absolute Gasteiger partial charge is 0.463 e. The van der Waals surface area contributed by atoms with Crippen molar-refractivity contribution in [2.24, 2.45) is 0 Å². The van der Waals surface area contributed by atoms with Gasteiger partial charge in [-0.2, -0.15) is 0 Å². The number of nitrogens with zero attached hydrogens (tertiary/aromatic N) is 2. The quantitative estimate of drug-likeness (QED) is 0.346. The number of halogens is 1. The maximum absolute atomic E-state index is 11.3. The van der Waals surface area contributed by atoms with E-state index in [0.29, 0.717) is 6.61 Å². The molecule has 2 heterocycles. The topological polar surface area (TPSA) is 44.1 Å². The third kappa shape index (κ3) is 3.93. The fraction of sp³-hybridized carbons (Fsp3) is 0.200. The van der Waals surface area contributed by atoms with E-state index in [1.807, 2.05) is 30.5 Å². The van der Waals surface area contributed by atoms with Gasteiger partial charge in [0.15, 0.2) is 0 Å². The van der Waals surface area contributed by atoms with E-state index < -0.39 is 0 Å². The molecule has 0 aliphatic carbocycles. The minimum atomic E-state index is -0.323. The Morgan fingerprint density at radius 1 is 1.45 bits per heavy atom. The highest BCUT2D eigenvalue weighted by atomic mass is 127. The lowest BCUT2D eigenvalue weighted by Crippen LogP contribution is -2.03. The first-order chi connectivity index (χ1) is 9.70. The molecule has 0 saturated carbocycles. The molecule has 0 aliphatic heterocycles. The third-order valence-corrected chi connectivity index (χ3v) is 3.69. The SMILES string of the molecule is CCOC(=O)/C=C/c1cccn1Cc1cccnc1I. The zero-order valence-electron chi connectivity index (χ0n) is 11.1. The number of carbonyl (C=O) groups is 1. The molecule has 0 N–H and O–H groups in total. The minimum absolute atomic E-state index is 0.323. The van der Waals surface area contributed by atoms with Gasteiger partial charge in [0, 0.05) is 29.7 Å². The first-order valence-corrected chi connectivity index (χ1v) is 7.38. The molecule has 0 radical (unpaired) electrons. The summed E-state index contributed by atoms with van der Waals surface area (Å²) in [6, 6.07) is 7.88. The van der Waals surface area contributed by atoms with Gasteiger partial charge in [0.05, 0.1) is 13.2 Å². The lowest BCUT2D eigenvalue weighted by atomic mass is 10.3. The van der Waals surface area contributed by atoms with Gasteiger partial charge in [-0.25, -0.2) is 9.78 Å². The van der Waals surface area contributed by atoms with Crippen LogP contribution in [0.3, 0.4) is 0 Å². The van der Waals surface area contributed by atoms with Crippen LogP contribution in [0.25, 0.3) is 6.08 Å². The molecule has 0 saturated heterocycles. The van der Waals surface area contributed by atoms with Crippen molar-refractivity contribution in [2.45, 2.75) is 13.5 Å². The second-order valence-electron chi connectivity index (χ2n) is 4.10. The summed E-state index contributed by atoms with van der Waals surface area (Å²) in [4.78, 5) is 15.6.